The lowest BCUT2D eigenvalue weighted by molar-refractivity contribution is -0.0581. The Hall–Kier alpha value is -0.200. The molecule has 0 radical (unpaired) electrons. The van der Waals surface area contributed by atoms with Crippen LogP contribution in [0.1, 0.15) is 13.3 Å². The topological polar surface area (TPSA) is 84.9 Å². The largest absolute Gasteiger partial charge is 0.394 e. The summed E-state index contributed by atoms with van der Waals surface area (Å²) < 4.78 is 9.99. The van der Waals surface area contributed by atoms with Gasteiger partial charge < -0.3 is 25.4 Å². The number of aliphatic hydroxyl groups is 2. The van der Waals surface area contributed by atoms with Gasteiger partial charge in [0.05, 0.1) is 33.0 Å². The highest BCUT2D eigenvalue weighted by atomic mass is 16.5. The van der Waals surface area contributed by atoms with Gasteiger partial charge in [0.1, 0.15) is 5.72 Å². The highest BCUT2D eigenvalue weighted by Gasteiger charge is 2.17. The van der Waals surface area contributed by atoms with Gasteiger partial charge >= 0.3 is 0 Å². The SMILES string of the molecule is CCC(N)(O)COCCOCCO. The molecule has 5 nitrogen and oxygen atoms in total. The Bertz CT molecular complexity index is 119. The highest BCUT2D eigenvalue weighted by Crippen LogP contribution is 2.00. The number of ether oxygens (including phenoxy) is 2. The third-order valence-corrected chi connectivity index (χ3v) is 1.57. The predicted molar refractivity (Wildman–Crippen MR) is 48.2 cm³/mol. The molecule has 0 bridgehead atoms. The molecule has 0 aliphatic rings. The second kappa shape index (κ2) is 7.23. The van der Waals surface area contributed by atoms with Crippen LogP contribution in [0.4, 0.5) is 0 Å². The zero-order valence-corrected chi connectivity index (χ0v) is 8.03. The zero-order chi connectivity index (χ0) is 10.2. The molecule has 0 fully saturated rings. The van der Waals surface area contributed by atoms with Crippen molar-refractivity contribution in [2.45, 2.75) is 19.1 Å². The van der Waals surface area contributed by atoms with E-state index in [1.165, 1.54) is 0 Å². The lowest BCUT2D eigenvalue weighted by Crippen LogP contribution is -2.43. The first-order valence-corrected chi connectivity index (χ1v) is 4.40. The molecule has 0 saturated heterocycles. The average Bonchev–Trinajstić information content (AvgIpc) is 2.11. The fourth-order valence-electron chi connectivity index (χ4n) is 0.635. The maximum absolute atomic E-state index is 9.30. The van der Waals surface area contributed by atoms with Crippen molar-refractivity contribution in [1.82, 2.24) is 0 Å². The second-order valence-corrected chi connectivity index (χ2v) is 2.85. The molecular weight excluding hydrogens is 174 g/mol. The summed E-state index contributed by atoms with van der Waals surface area (Å²) in [5, 5.41) is 17.7. The van der Waals surface area contributed by atoms with E-state index in [4.69, 9.17) is 20.3 Å². The summed E-state index contributed by atoms with van der Waals surface area (Å²) in [7, 11) is 0. The number of hydrogen-bond donors (Lipinski definition) is 3. The Balaban J connectivity index is 3.16. The van der Waals surface area contributed by atoms with E-state index in [0.29, 0.717) is 26.2 Å². The second-order valence-electron chi connectivity index (χ2n) is 2.85. The van der Waals surface area contributed by atoms with Gasteiger partial charge in [0.25, 0.3) is 0 Å². The Morgan fingerprint density at radius 3 is 2.38 bits per heavy atom. The fourth-order valence-corrected chi connectivity index (χ4v) is 0.635. The molecule has 0 aliphatic heterocycles. The van der Waals surface area contributed by atoms with Gasteiger partial charge in [-0.25, -0.2) is 0 Å². The summed E-state index contributed by atoms with van der Waals surface area (Å²) in [6, 6.07) is 0. The quantitative estimate of drug-likeness (QED) is 0.342. The van der Waals surface area contributed by atoms with Crippen molar-refractivity contribution in [3.63, 3.8) is 0 Å². The van der Waals surface area contributed by atoms with Crippen molar-refractivity contribution in [3.8, 4) is 0 Å². The number of rotatable bonds is 8. The van der Waals surface area contributed by atoms with E-state index in [1.807, 2.05) is 0 Å². The Morgan fingerprint density at radius 2 is 1.85 bits per heavy atom. The van der Waals surface area contributed by atoms with Crippen LogP contribution in [-0.4, -0.2) is 49.0 Å². The van der Waals surface area contributed by atoms with E-state index in [9.17, 15) is 5.11 Å². The minimum Gasteiger partial charge on any atom is -0.394 e. The van der Waals surface area contributed by atoms with E-state index < -0.39 is 5.72 Å². The van der Waals surface area contributed by atoms with E-state index in [-0.39, 0.29) is 13.2 Å². The Kier molecular flexibility index (Phi) is 7.12. The fraction of sp³-hybridized carbons (Fsp3) is 1.00. The Morgan fingerprint density at radius 1 is 1.23 bits per heavy atom. The van der Waals surface area contributed by atoms with Crippen molar-refractivity contribution >= 4 is 0 Å². The maximum Gasteiger partial charge on any atom is 0.136 e. The van der Waals surface area contributed by atoms with Gasteiger partial charge in [0.2, 0.25) is 0 Å². The van der Waals surface area contributed by atoms with Crippen molar-refractivity contribution in [2.75, 3.05) is 33.0 Å². The maximum atomic E-state index is 9.30. The van der Waals surface area contributed by atoms with E-state index in [2.05, 4.69) is 0 Å². The van der Waals surface area contributed by atoms with Crippen LogP contribution in [0.2, 0.25) is 0 Å². The van der Waals surface area contributed by atoms with Gasteiger partial charge in [-0.3, -0.25) is 0 Å². The van der Waals surface area contributed by atoms with E-state index in [1.54, 1.807) is 6.92 Å². The van der Waals surface area contributed by atoms with Gasteiger partial charge in [-0.15, -0.1) is 0 Å². The Labute approximate surface area is 78.4 Å². The normalized spacial score (nSPS) is 15.7. The van der Waals surface area contributed by atoms with Gasteiger partial charge in [0.15, 0.2) is 0 Å². The first-order chi connectivity index (χ1) is 6.12. The molecule has 5 heteroatoms. The number of hydrogen-bond acceptors (Lipinski definition) is 5. The summed E-state index contributed by atoms with van der Waals surface area (Å²) in [5.74, 6) is 0. The molecule has 13 heavy (non-hydrogen) atoms. The molecule has 0 aliphatic carbocycles. The summed E-state index contributed by atoms with van der Waals surface area (Å²) in [4.78, 5) is 0. The third-order valence-electron chi connectivity index (χ3n) is 1.57. The minimum atomic E-state index is -1.24. The summed E-state index contributed by atoms with van der Waals surface area (Å²) >= 11 is 0. The van der Waals surface area contributed by atoms with Crippen molar-refractivity contribution in [3.05, 3.63) is 0 Å². The molecule has 1 unspecified atom stereocenters. The molecule has 4 N–H and O–H groups in total. The summed E-state index contributed by atoms with van der Waals surface area (Å²) in [6.07, 6.45) is 0.449. The van der Waals surface area contributed by atoms with Gasteiger partial charge in [-0.05, 0) is 6.42 Å². The molecule has 0 aromatic carbocycles. The molecule has 0 aromatic rings. The third kappa shape index (κ3) is 8.14. The molecule has 80 valence electrons. The average molecular weight is 193 g/mol. The predicted octanol–water partition coefficient (Wildman–Crippen LogP) is -0.931. The monoisotopic (exact) mass is 193 g/mol. The van der Waals surface area contributed by atoms with Crippen LogP contribution in [0.15, 0.2) is 0 Å². The standard InChI is InChI=1S/C8H19NO4/c1-2-8(9,11)7-13-6-5-12-4-3-10/h10-11H,2-7,9H2,1H3. The smallest absolute Gasteiger partial charge is 0.136 e. The number of aliphatic hydroxyl groups excluding tert-OH is 1. The van der Waals surface area contributed by atoms with E-state index in [0.717, 1.165) is 0 Å². The van der Waals surface area contributed by atoms with Crippen molar-refractivity contribution in [2.24, 2.45) is 5.73 Å². The number of nitrogens with two attached hydrogens (primary N) is 1. The highest BCUT2D eigenvalue weighted by molar-refractivity contribution is 4.66. The van der Waals surface area contributed by atoms with Crippen molar-refractivity contribution in [1.29, 1.82) is 0 Å². The van der Waals surface area contributed by atoms with Gasteiger partial charge in [-0.1, -0.05) is 6.92 Å². The molecule has 0 saturated carbocycles. The molecule has 1 atom stereocenters. The molecule has 0 rings (SSSR count). The van der Waals surface area contributed by atoms with Crippen LogP contribution >= 0.6 is 0 Å². The molecular formula is C8H19NO4. The van der Waals surface area contributed by atoms with Crippen molar-refractivity contribution < 1.29 is 19.7 Å². The molecule has 0 amide bonds. The van der Waals surface area contributed by atoms with Crippen LogP contribution in [0.3, 0.4) is 0 Å². The molecule has 0 aromatic heterocycles. The van der Waals surface area contributed by atoms with Crippen LogP contribution in [0, 0.1) is 0 Å². The molecule has 0 heterocycles. The zero-order valence-electron chi connectivity index (χ0n) is 8.03. The van der Waals surface area contributed by atoms with Crippen LogP contribution in [0.5, 0.6) is 0 Å². The molecule has 0 spiro atoms. The lowest BCUT2D eigenvalue weighted by atomic mass is 10.2. The first kappa shape index (κ1) is 12.8. The van der Waals surface area contributed by atoms with Gasteiger partial charge in [-0.2, -0.15) is 0 Å². The van der Waals surface area contributed by atoms with E-state index >= 15 is 0 Å². The minimum absolute atomic E-state index is 0.00971. The summed E-state index contributed by atoms with van der Waals surface area (Å²) in [5.41, 5.74) is 4.17. The first-order valence-electron chi connectivity index (χ1n) is 4.40. The van der Waals surface area contributed by atoms with Gasteiger partial charge in [0, 0.05) is 0 Å². The van der Waals surface area contributed by atoms with Crippen LogP contribution in [0.25, 0.3) is 0 Å². The van der Waals surface area contributed by atoms with Crippen LogP contribution < -0.4 is 5.73 Å². The summed E-state index contributed by atoms with van der Waals surface area (Å²) in [6.45, 7) is 2.98. The van der Waals surface area contributed by atoms with Crippen LogP contribution in [-0.2, 0) is 9.47 Å². The lowest BCUT2D eigenvalue weighted by Gasteiger charge is -2.20.